The highest BCUT2D eigenvalue weighted by atomic mass is 16.2. The number of nitrogens with two attached hydrogens (primary N) is 1. The Balaban J connectivity index is 2.12. The standard InChI is InChI=1S/C16H25N3O/c1-12-10-13(17)6-7-14(12)15(20)19(4)11-16(18(2)3)8-5-9-16/h6-7,10H,5,8-9,11,17H2,1-4H3. The fourth-order valence-corrected chi connectivity index (χ4v) is 2.98. The minimum atomic E-state index is 0.0793. The van der Waals surface area contributed by atoms with Crippen molar-refractivity contribution in [3.05, 3.63) is 29.3 Å². The molecule has 1 amide bonds. The van der Waals surface area contributed by atoms with Crippen LogP contribution in [0.2, 0.25) is 0 Å². The molecule has 0 radical (unpaired) electrons. The normalized spacial score (nSPS) is 16.9. The lowest BCUT2D eigenvalue weighted by Gasteiger charge is -2.49. The van der Waals surface area contributed by atoms with Crippen LogP contribution >= 0.6 is 0 Å². The van der Waals surface area contributed by atoms with Gasteiger partial charge in [0.2, 0.25) is 0 Å². The van der Waals surface area contributed by atoms with Gasteiger partial charge in [-0.25, -0.2) is 0 Å². The lowest BCUT2D eigenvalue weighted by Crippen LogP contribution is -2.57. The molecule has 1 aromatic rings. The third kappa shape index (κ3) is 2.66. The van der Waals surface area contributed by atoms with E-state index in [0.29, 0.717) is 5.69 Å². The van der Waals surface area contributed by atoms with E-state index in [-0.39, 0.29) is 11.4 Å². The number of carbonyl (C=O) groups excluding carboxylic acids is 1. The molecule has 0 atom stereocenters. The second-order valence-corrected chi connectivity index (χ2v) is 6.21. The summed E-state index contributed by atoms with van der Waals surface area (Å²) in [5.74, 6) is 0.0793. The van der Waals surface area contributed by atoms with Gasteiger partial charge in [-0.05, 0) is 64.0 Å². The summed E-state index contributed by atoms with van der Waals surface area (Å²) in [7, 11) is 6.10. The second kappa shape index (κ2) is 5.44. The average molecular weight is 275 g/mol. The van der Waals surface area contributed by atoms with E-state index in [1.165, 1.54) is 19.3 Å². The molecule has 0 aromatic heterocycles. The molecule has 2 N–H and O–H groups in total. The molecule has 4 heteroatoms. The van der Waals surface area contributed by atoms with Gasteiger partial charge >= 0.3 is 0 Å². The fraction of sp³-hybridized carbons (Fsp3) is 0.562. The van der Waals surface area contributed by atoms with Crippen molar-refractivity contribution in [3.8, 4) is 0 Å². The molecular weight excluding hydrogens is 250 g/mol. The van der Waals surface area contributed by atoms with Crippen molar-refractivity contribution in [2.75, 3.05) is 33.4 Å². The summed E-state index contributed by atoms with van der Waals surface area (Å²) in [6.07, 6.45) is 3.58. The van der Waals surface area contributed by atoms with Gasteiger partial charge in [-0.2, -0.15) is 0 Å². The zero-order valence-electron chi connectivity index (χ0n) is 12.9. The molecule has 1 aliphatic carbocycles. The fourth-order valence-electron chi connectivity index (χ4n) is 2.98. The highest BCUT2D eigenvalue weighted by molar-refractivity contribution is 5.96. The molecule has 1 saturated carbocycles. The van der Waals surface area contributed by atoms with Gasteiger partial charge in [0.1, 0.15) is 0 Å². The number of hydrogen-bond acceptors (Lipinski definition) is 3. The molecule has 4 nitrogen and oxygen atoms in total. The number of nitrogen functional groups attached to an aromatic ring is 1. The van der Waals surface area contributed by atoms with E-state index in [9.17, 15) is 4.79 Å². The molecule has 0 aliphatic heterocycles. The first-order valence-electron chi connectivity index (χ1n) is 7.15. The van der Waals surface area contributed by atoms with Gasteiger partial charge in [0.05, 0.1) is 0 Å². The topological polar surface area (TPSA) is 49.6 Å². The number of likely N-dealkylation sites (N-methyl/N-ethyl adjacent to an activating group) is 2. The molecule has 1 aromatic carbocycles. The van der Waals surface area contributed by atoms with E-state index in [4.69, 9.17) is 5.73 Å². The number of amides is 1. The Morgan fingerprint density at radius 2 is 1.95 bits per heavy atom. The van der Waals surface area contributed by atoms with Gasteiger partial charge in [0, 0.05) is 30.4 Å². The third-order valence-electron chi connectivity index (χ3n) is 4.59. The molecule has 0 saturated heterocycles. The minimum absolute atomic E-state index is 0.0793. The lowest BCUT2D eigenvalue weighted by molar-refractivity contribution is 0.0252. The Hall–Kier alpha value is -1.55. The van der Waals surface area contributed by atoms with Crippen LogP contribution in [0.1, 0.15) is 35.2 Å². The molecule has 20 heavy (non-hydrogen) atoms. The zero-order chi connectivity index (χ0) is 14.9. The van der Waals surface area contributed by atoms with Gasteiger partial charge in [0.15, 0.2) is 0 Å². The van der Waals surface area contributed by atoms with Crippen LogP contribution in [0.5, 0.6) is 0 Å². The van der Waals surface area contributed by atoms with Crippen LogP contribution in [-0.4, -0.2) is 48.9 Å². The van der Waals surface area contributed by atoms with E-state index >= 15 is 0 Å². The quantitative estimate of drug-likeness (QED) is 0.856. The van der Waals surface area contributed by atoms with Crippen molar-refractivity contribution in [2.45, 2.75) is 31.7 Å². The lowest BCUT2D eigenvalue weighted by atomic mass is 9.75. The number of nitrogens with zero attached hydrogens (tertiary/aromatic N) is 2. The van der Waals surface area contributed by atoms with E-state index in [0.717, 1.165) is 17.7 Å². The predicted octanol–water partition coefficient (Wildman–Crippen LogP) is 2.13. The molecule has 0 heterocycles. The summed E-state index contributed by atoms with van der Waals surface area (Å²) in [5, 5.41) is 0. The molecule has 1 aliphatic rings. The molecule has 0 spiro atoms. The van der Waals surface area contributed by atoms with E-state index in [1.54, 1.807) is 6.07 Å². The molecule has 2 rings (SSSR count). The Kier molecular flexibility index (Phi) is 4.04. The van der Waals surface area contributed by atoms with E-state index < -0.39 is 0 Å². The van der Waals surface area contributed by atoms with Crippen LogP contribution in [0, 0.1) is 6.92 Å². The first-order valence-corrected chi connectivity index (χ1v) is 7.15. The van der Waals surface area contributed by atoms with Crippen molar-refractivity contribution in [1.82, 2.24) is 9.80 Å². The van der Waals surface area contributed by atoms with Crippen molar-refractivity contribution < 1.29 is 4.79 Å². The zero-order valence-corrected chi connectivity index (χ0v) is 12.9. The summed E-state index contributed by atoms with van der Waals surface area (Å²) in [6, 6.07) is 5.47. The largest absolute Gasteiger partial charge is 0.399 e. The summed E-state index contributed by atoms with van der Waals surface area (Å²) in [4.78, 5) is 16.7. The molecule has 0 unspecified atom stereocenters. The maximum Gasteiger partial charge on any atom is 0.253 e. The highest BCUT2D eigenvalue weighted by Crippen LogP contribution is 2.36. The van der Waals surface area contributed by atoms with Gasteiger partial charge in [-0.3, -0.25) is 4.79 Å². The van der Waals surface area contributed by atoms with E-state index in [1.807, 2.05) is 31.0 Å². The van der Waals surface area contributed by atoms with Crippen molar-refractivity contribution >= 4 is 11.6 Å². The van der Waals surface area contributed by atoms with Crippen molar-refractivity contribution in [1.29, 1.82) is 0 Å². The number of benzene rings is 1. The summed E-state index contributed by atoms with van der Waals surface area (Å²) in [5.41, 5.74) is 8.29. The molecule has 110 valence electrons. The maximum absolute atomic E-state index is 12.6. The molecular formula is C16H25N3O. The van der Waals surface area contributed by atoms with Gasteiger partial charge < -0.3 is 15.5 Å². The first-order chi connectivity index (χ1) is 9.35. The highest BCUT2D eigenvalue weighted by Gasteiger charge is 2.40. The SMILES string of the molecule is Cc1cc(N)ccc1C(=O)N(C)CC1(N(C)C)CCC1. The summed E-state index contributed by atoms with van der Waals surface area (Å²) >= 11 is 0. The first kappa shape index (κ1) is 14.9. The van der Waals surface area contributed by atoms with Crippen molar-refractivity contribution in [3.63, 3.8) is 0 Å². The number of hydrogen-bond donors (Lipinski definition) is 1. The van der Waals surface area contributed by atoms with Crippen LogP contribution in [-0.2, 0) is 0 Å². The number of anilines is 1. The van der Waals surface area contributed by atoms with Crippen LogP contribution in [0.3, 0.4) is 0 Å². The van der Waals surface area contributed by atoms with Gasteiger partial charge in [-0.1, -0.05) is 0 Å². The average Bonchev–Trinajstić information content (AvgIpc) is 2.32. The van der Waals surface area contributed by atoms with E-state index in [2.05, 4.69) is 19.0 Å². The maximum atomic E-state index is 12.6. The Bertz CT molecular complexity index is 506. The summed E-state index contributed by atoms with van der Waals surface area (Å²) < 4.78 is 0. The Labute approximate surface area is 121 Å². The number of carbonyl (C=O) groups is 1. The number of rotatable bonds is 4. The summed E-state index contributed by atoms with van der Waals surface area (Å²) in [6.45, 7) is 2.71. The minimum Gasteiger partial charge on any atom is -0.399 e. The van der Waals surface area contributed by atoms with Crippen LogP contribution in [0.15, 0.2) is 18.2 Å². The second-order valence-electron chi connectivity index (χ2n) is 6.21. The monoisotopic (exact) mass is 275 g/mol. The van der Waals surface area contributed by atoms with Crippen LogP contribution in [0.4, 0.5) is 5.69 Å². The Morgan fingerprint density at radius 3 is 2.40 bits per heavy atom. The third-order valence-corrected chi connectivity index (χ3v) is 4.59. The van der Waals surface area contributed by atoms with Crippen LogP contribution in [0.25, 0.3) is 0 Å². The molecule has 0 bridgehead atoms. The van der Waals surface area contributed by atoms with Gasteiger partial charge in [0.25, 0.3) is 5.91 Å². The van der Waals surface area contributed by atoms with Crippen molar-refractivity contribution in [2.24, 2.45) is 0 Å². The number of aryl methyl sites for hydroxylation is 1. The molecule has 1 fully saturated rings. The smallest absolute Gasteiger partial charge is 0.253 e. The van der Waals surface area contributed by atoms with Gasteiger partial charge in [-0.15, -0.1) is 0 Å². The predicted molar refractivity (Wildman–Crippen MR) is 82.8 cm³/mol. The van der Waals surface area contributed by atoms with Crippen LogP contribution < -0.4 is 5.73 Å². The Morgan fingerprint density at radius 1 is 1.30 bits per heavy atom.